The number of carbonyl (C=O) groups is 2. The summed E-state index contributed by atoms with van der Waals surface area (Å²) in [5.74, 6) is -0.282. The van der Waals surface area contributed by atoms with Crippen LogP contribution in [0.4, 0.5) is 0 Å². The van der Waals surface area contributed by atoms with E-state index in [2.05, 4.69) is 9.97 Å². The summed E-state index contributed by atoms with van der Waals surface area (Å²) in [4.78, 5) is 29.5. The SMILES string of the molecule is CCOC(=O)c1nc(-c2ccccc2Cl)[nH]c1C=O. The number of H-pyrrole nitrogens is 1. The Morgan fingerprint density at radius 1 is 1.47 bits per heavy atom. The molecule has 0 amide bonds. The first kappa shape index (κ1) is 13.3. The summed E-state index contributed by atoms with van der Waals surface area (Å²) in [6, 6.07) is 7.00. The molecule has 1 aromatic carbocycles. The molecule has 5 nitrogen and oxygen atoms in total. The van der Waals surface area contributed by atoms with Crippen LogP contribution >= 0.6 is 11.6 Å². The van der Waals surface area contributed by atoms with Crippen LogP contribution in [0.15, 0.2) is 24.3 Å². The van der Waals surface area contributed by atoms with E-state index in [9.17, 15) is 9.59 Å². The molecule has 0 aliphatic carbocycles. The molecule has 0 bridgehead atoms. The second kappa shape index (κ2) is 5.67. The Bertz CT molecular complexity index is 622. The van der Waals surface area contributed by atoms with Gasteiger partial charge in [0.1, 0.15) is 11.5 Å². The number of rotatable bonds is 4. The Kier molecular flexibility index (Phi) is 3.97. The highest BCUT2D eigenvalue weighted by Gasteiger charge is 2.19. The van der Waals surface area contributed by atoms with Gasteiger partial charge in [-0.25, -0.2) is 9.78 Å². The highest BCUT2D eigenvalue weighted by molar-refractivity contribution is 6.33. The lowest BCUT2D eigenvalue weighted by Crippen LogP contribution is -2.07. The molecule has 1 heterocycles. The summed E-state index contributed by atoms with van der Waals surface area (Å²) in [6.45, 7) is 1.89. The Hall–Kier alpha value is -2.14. The minimum Gasteiger partial charge on any atom is -0.461 e. The van der Waals surface area contributed by atoms with Crippen molar-refractivity contribution in [3.05, 3.63) is 40.7 Å². The van der Waals surface area contributed by atoms with Crippen LogP contribution < -0.4 is 0 Å². The monoisotopic (exact) mass is 278 g/mol. The minimum absolute atomic E-state index is 0.0354. The van der Waals surface area contributed by atoms with Crippen molar-refractivity contribution in [3.8, 4) is 11.4 Å². The summed E-state index contributed by atoms with van der Waals surface area (Å²) in [6.07, 6.45) is 0.527. The molecular formula is C13H11ClN2O3. The molecule has 0 aliphatic heterocycles. The third-order valence-corrected chi connectivity index (χ3v) is 2.78. The molecule has 0 fully saturated rings. The molecular weight excluding hydrogens is 268 g/mol. The molecule has 1 aromatic heterocycles. The number of carbonyl (C=O) groups excluding carboxylic acids is 2. The zero-order chi connectivity index (χ0) is 13.8. The molecule has 0 unspecified atom stereocenters. The van der Waals surface area contributed by atoms with Gasteiger partial charge in [0.2, 0.25) is 0 Å². The van der Waals surface area contributed by atoms with Crippen molar-refractivity contribution in [2.75, 3.05) is 6.61 Å². The summed E-state index contributed by atoms with van der Waals surface area (Å²) >= 11 is 6.04. The molecule has 0 saturated heterocycles. The topological polar surface area (TPSA) is 72.0 Å². The van der Waals surface area contributed by atoms with Crippen molar-refractivity contribution >= 4 is 23.9 Å². The number of aromatic nitrogens is 2. The van der Waals surface area contributed by atoms with Gasteiger partial charge in [-0.1, -0.05) is 23.7 Å². The standard InChI is InChI=1S/C13H11ClN2O3/c1-2-19-13(18)11-10(7-17)15-12(16-11)8-5-3-4-6-9(8)14/h3-7H,2H2,1H3,(H,15,16). The first-order valence-electron chi connectivity index (χ1n) is 5.64. The minimum atomic E-state index is -0.640. The molecule has 0 aliphatic rings. The fourth-order valence-electron chi connectivity index (χ4n) is 1.61. The lowest BCUT2D eigenvalue weighted by molar-refractivity contribution is 0.0518. The number of hydrogen-bond donors (Lipinski definition) is 1. The largest absolute Gasteiger partial charge is 0.461 e. The maximum absolute atomic E-state index is 11.7. The molecule has 6 heteroatoms. The highest BCUT2D eigenvalue weighted by atomic mass is 35.5. The van der Waals surface area contributed by atoms with Gasteiger partial charge >= 0.3 is 5.97 Å². The third kappa shape index (κ3) is 2.66. The van der Waals surface area contributed by atoms with Crippen LogP contribution in [0.1, 0.15) is 27.9 Å². The molecule has 0 radical (unpaired) electrons. The summed E-state index contributed by atoms with van der Waals surface area (Å²) in [5, 5.41) is 0.476. The van der Waals surface area contributed by atoms with Gasteiger partial charge in [0.25, 0.3) is 0 Å². The van der Waals surface area contributed by atoms with Crippen molar-refractivity contribution in [3.63, 3.8) is 0 Å². The molecule has 98 valence electrons. The van der Waals surface area contributed by atoms with E-state index in [1.807, 2.05) is 0 Å². The van der Waals surface area contributed by atoms with Crippen LogP contribution in [0, 0.1) is 0 Å². The van der Waals surface area contributed by atoms with Gasteiger partial charge in [0.05, 0.1) is 11.6 Å². The first-order valence-corrected chi connectivity index (χ1v) is 6.02. The molecule has 0 atom stereocenters. The Morgan fingerprint density at radius 2 is 2.21 bits per heavy atom. The number of imidazole rings is 1. The van der Waals surface area contributed by atoms with Crippen LogP contribution in [0.3, 0.4) is 0 Å². The van der Waals surface area contributed by atoms with E-state index < -0.39 is 5.97 Å². The smallest absolute Gasteiger partial charge is 0.359 e. The van der Waals surface area contributed by atoms with E-state index in [1.165, 1.54) is 0 Å². The predicted molar refractivity (Wildman–Crippen MR) is 70.4 cm³/mol. The molecule has 0 saturated carbocycles. The number of aldehydes is 1. The van der Waals surface area contributed by atoms with E-state index in [4.69, 9.17) is 16.3 Å². The quantitative estimate of drug-likeness (QED) is 0.689. The van der Waals surface area contributed by atoms with Crippen LogP contribution in [-0.4, -0.2) is 28.8 Å². The van der Waals surface area contributed by atoms with Crippen molar-refractivity contribution in [1.82, 2.24) is 9.97 Å². The Labute approximate surface area is 114 Å². The zero-order valence-corrected chi connectivity index (χ0v) is 10.9. The maximum atomic E-state index is 11.7. The summed E-state index contributed by atoms with van der Waals surface area (Å²) < 4.78 is 4.84. The number of hydrogen-bond acceptors (Lipinski definition) is 4. The molecule has 2 rings (SSSR count). The first-order chi connectivity index (χ1) is 9.17. The van der Waals surface area contributed by atoms with Crippen LogP contribution in [-0.2, 0) is 4.74 Å². The van der Waals surface area contributed by atoms with E-state index in [0.29, 0.717) is 22.7 Å². The van der Waals surface area contributed by atoms with Crippen molar-refractivity contribution in [1.29, 1.82) is 0 Å². The second-order valence-electron chi connectivity index (χ2n) is 3.67. The molecule has 19 heavy (non-hydrogen) atoms. The number of halogens is 1. The third-order valence-electron chi connectivity index (χ3n) is 2.45. The maximum Gasteiger partial charge on any atom is 0.359 e. The van der Waals surface area contributed by atoms with Gasteiger partial charge in [-0.2, -0.15) is 0 Å². The van der Waals surface area contributed by atoms with Gasteiger partial charge in [0, 0.05) is 5.56 Å². The molecule has 0 spiro atoms. The van der Waals surface area contributed by atoms with E-state index in [1.54, 1.807) is 31.2 Å². The van der Waals surface area contributed by atoms with Crippen LogP contribution in [0.2, 0.25) is 5.02 Å². The van der Waals surface area contributed by atoms with Crippen LogP contribution in [0.25, 0.3) is 11.4 Å². The predicted octanol–water partition coefficient (Wildman–Crippen LogP) is 2.72. The van der Waals surface area contributed by atoms with Crippen molar-refractivity contribution in [2.24, 2.45) is 0 Å². The Morgan fingerprint density at radius 3 is 2.84 bits per heavy atom. The molecule has 1 N–H and O–H groups in total. The summed E-state index contributed by atoms with van der Waals surface area (Å²) in [5.41, 5.74) is 0.656. The van der Waals surface area contributed by atoms with Gasteiger partial charge in [-0.05, 0) is 19.1 Å². The number of aromatic amines is 1. The number of benzene rings is 1. The van der Waals surface area contributed by atoms with Crippen LogP contribution in [0.5, 0.6) is 0 Å². The number of nitrogens with zero attached hydrogens (tertiary/aromatic N) is 1. The molecule has 2 aromatic rings. The number of esters is 1. The zero-order valence-electron chi connectivity index (χ0n) is 10.1. The second-order valence-corrected chi connectivity index (χ2v) is 4.07. The average molecular weight is 279 g/mol. The lowest BCUT2D eigenvalue weighted by atomic mass is 10.2. The number of ether oxygens (including phenoxy) is 1. The fourth-order valence-corrected chi connectivity index (χ4v) is 1.83. The van der Waals surface area contributed by atoms with Crippen molar-refractivity contribution in [2.45, 2.75) is 6.92 Å². The number of nitrogens with one attached hydrogen (secondary N) is 1. The summed E-state index contributed by atoms with van der Waals surface area (Å²) in [7, 11) is 0. The van der Waals surface area contributed by atoms with E-state index >= 15 is 0 Å². The Balaban J connectivity index is 2.47. The normalized spacial score (nSPS) is 10.2. The highest BCUT2D eigenvalue weighted by Crippen LogP contribution is 2.26. The van der Waals surface area contributed by atoms with Gasteiger partial charge in [-0.15, -0.1) is 0 Å². The van der Waals surface area contributed by atoms with E-state index in [-0.39, 0.29) is 18.0 Å². The average Bonchev–Trinajstić information content (AvgIpc) is 2.83. The fraction of sp³-hybridized carbons (Fsp3) is 0.154. The van der Waals surface area contributed by atoms with Gasteiger partial charge in [-0.3, -0.25) is 4.79 Å². The lowest BCUT2D eigenvalue weighted by Gasteiger charge is -1.99. The van der Waals surface area contributed by atoms with Gasteiger partial charge in [0.15, 0.2) is 12.0 Å². The van der Waals surface area contributed by atoms with Crippen molar-refractivity contribution < 1.29 is 14.3 Å². The van der Waals surface area contributed by atoms with Gasteiger partial charge < -0.3 is 9.72 Å². The van der Waals surface area contributed by atoms with E-state index in [0.717, 1.165) is 0 Å².